The Morgan fingerprint density at radius 1 is 1.04 bits per heavy atom. The van der Waals surface area contributed by atoms with Gasteiger partial charge in [0.1, 0.15) is 6.54 Å². The monoisotopic (exact) mass is 315 g/mol. The molecule has 0 unspecified atom stereocenters. The smallest absolute Gasteiger partial charge is 0.209 e. The Balaban J connectivity index is 1.77. The molecule has 2 heteroatoms. The number of hydrogen-bond donors (Lipinski definition) is 1. The molecule has 2 aromatic carbocycles. The maximum Gasteiger partial charge on any atom is 0.209 e. The van der Waals surface area contributed by atoms with Crippen LogP contribution in [0.1, 0.15) is 31.9 Å². The van der Waals surface area contributed by atoms with Crippen LogP contribution in [0.5, 0.6) is 0 Å². The number of aromatic nitrogens is 1. The number of para-hydroxylation sites is 1. The lowest BCUT2D eigenvalue weighted by Crippen LogP contribution is -2.27. The molecule has 0 bridgehead atoms. The Kier molecular flexibility index (Phi) is 3.42. The maximum absolute atomic E-state index is 3.25. The van der Waals surface area contributed by atoms with Crippen LogP contribution >= 0.6 is 0 Å². The van der Waals surface area contributed by atoms with Gasteiger partial charge in [0, 0.05) is 29.4 Å². The lowest BCUT2D eigenvalue weighted by Gasteiger charge is -2.15. The number of allylic oxidation sites excluding steroid dienone is 1. The van der Waals surface area contributed by atoms with Crippen molar-refractivity contribution in [3.05, 3.63) is 71.9 Å². The normalized spacial score (nSPS) is 16.3. The first-order chi connectivity index (χ1) is 11.6. The predicted octanol–water partition coefficient (Wildman–Crippen LogP) is 5.28. The van der Waals surface area contributed by atoms with Crippen LogP contribution in [0.15, 0.2) is 60.8 Å². The van der Waals surface area contributed by atoms with Crippen molar-refractivity contribution in [3.8, 4) is 0 Å². The largest absolute Gasteiger partial charge is 0.361 e. The van der Waals surface area contributed by atoms with E-state index in [9.17, 15) is 0 Å². The maximum atomic E-state index is 3.25. The van der Waals surface area contributed by atoms with Gasteiger partial charge in [-0.05, 0) is 56.0 Å². The fraction of sp³-hybridized carbons (Fsp3) is 0.227. The fourth-order valence-corrected chi connectivity index (χ4v) is 3.83. The average molecular weight is 315 g/mol. The molecule has 0 aliphatic carbocycles. The molecule has 1 N–H and O–H groups in total. The van der Waals surface area contributed by atoms with Gasteiger partial charge < -0.3 is 4.98 Å². The van der Waals surface area contributed by atoms with Crippen LogP contribution in [0.2, 0.25) is 0 Å². The van der Waals surface area contributed by atoms with Crippen LogP contribution in [-0.2, 0) is 5.41 Å². The quantitative estimate of drug-likeness (QED) is 0.634. The van der Waals surface area contributed by atoms with Gasteiger partial charge in [0.2, 0.25) is 5.69 Å². The van der Waals surface area contributed by atoms with E-state index in [1.807, 2.05) is 6.20 Å². The molecule has 0 fully saturated rings. The summed E-state index contributed by atoms with van der Waals surface area (Å²) in [5.74, 6) is 0. The van der Waals surface area contributed by atoms with Gasteiger partial charge in [-0.3, -0.25) is 0 Å². The molecule has 1 aliphatic rings. The Morgan fingerprint density at radius 2 is 1.88 bits per heavy atom. The molecule has 24 heavy (non-hydrogen) atoms. The summed E-state index contributed by atoms with van der Waals surface area (Å²) in [6.07, 6.45) is 6.51. The van der Waals surface area contributed by atoms with Crippen molar-refractivity contribution in [2.24, 2.45) is 0 Å². The first kappa shape index (κ1) is 14.9. The number of H-pyrrole nitrogens is 1. The molecule has 2 heterocycles. The van der Waals surface area contributed by atoms with Gasteiger partial charge in [0.15, 0.2) is 5.71 Å². The zero-order valence-corrected chi connectivity index (χ0v) is 14.5. The number of nitrogens with one attached hydrogen (secondary N) is 1. The highest BCUT2D eigenvalue weighted by atomic mass is 15.0. The summed E-state index contributed by atoms with van der Waals surface area (Å²) >= 11 is 0. The molecule has 120 valence electrons. The molecule has 0 radical (unpaired) electrons. The number of benzene rings is 2. The van der Waals surface area contributed by atoms with Crippen LogP contribution in [0.4, 0.5) is 5.69 Å². The molecular formula is C22H23N2+. The minimum absolute atomic E-state index is 0.0291. The first-order valence-corrected chi connectivity index (χ1v) is 8.61. The van der Waals surface area contributed by atoms with E-state index in [0.717, 1.165) is 6.54 Å². The van der Waals surface area contributed by atoms with Gasteiger partial charge in [-0.15, -0.1) is 0 Å². The van der Waals surface area contributed by atoms with E-state index in [-0.39, 0.29) is 5.41 Å². The van der Waals surface area contributed by atoms with Gasteiger partial charge in [0.25, 0.3) is 0 Å². The van der Waals surface area contributed by atoms with Crippen molar-refractivity contribution in [1.82, 2.24) is 4.98 Å². The lowest BCUT2D eigenvalue weighted by molar-refractivity contribution is -0.433. The van der Waals surface area contributed by atoms with Crippen molar-refractivity contribution >= 4 is 28.4 Å². The second-order valence-electron chi connectivity index (χ2n) is 6.93. The third-order valence-electron chi connectivity index (χ3n) is 5.13. The van der Waals surface area contributed by atoms with E-state index in [0.29, 0.717) is 0 Å². The minimum atomic E-state index is 0.0291. The van der Waals surface area contributed by atoms with E-state index in [1.54, 1.807) is 0 Å². The second-order valence-corrected chi connectivity index (χ2v) is 6.93. The van der Waals surface area contributed by atoms with Crippen molar-refractivity contribution in [2.75, 3.05) is 6.54 Å². The van der Waals surface area contributed by atoms with E-state index in [4.69, 9.17) is 0 Å². The van der Waals surface area contributed by atoms with Gasteiger partial charge in [-0.2, -0.15) is 4.58 Å². The van der Waals surface area contributed by atoms with Crippen LogP contribution in [-0.4, -0.2) is 21.8 Å². The zero-order valence-electron chi connectivity index (χ0n) is 14.5. The summed E-state index contributed by atoms with van der Waals surface area (Å²) in [5.41, 5.74) is 6.56. The summed E-state index contributed by atoms with van der Waals surface area (Å²) in [6.45, 7) is 7.84. The van der Waals surface area contributed by atoms with Gasteiger partial charge >= 0.3 is 0 Å². The van der Waals surface area contributed by atoms with E-state index in [2.05, 4.69) is 91.0 Å². The molecule has 1 aromatic heterocycles. The van der Waals surface area contributed by atoms with Crippen molar-refractivity contribution < 1.29 is 4.58 Å². The van der Waals surface area contributed by atoms with Gasteiger partial charge in [-0.1, -0.05) is 24.3 Å². The Morgan fingerprint density at radius 3 is 2.71 bits per heavy atom. The highest BCUT2D eigenvalue weighted by Gasteiger charge is 2.43. The lowest BCUT2D eigenvalue weighted by atomic mass is 9.81. The van der Waals surface area contributed by atoms with Crippen LogP contribution in [0.25, 0.3) is 17.0 Å². The number of nitrogens with zero attached hydrogens (tertiary/aromatic N) is 1. The SMILES string of the molecule is CC[N+]1=C(/C=C/c2ccc3[nH]ccc3c2)C(C)(C)c2ccccc21. The Hall–Kier alpha value is -2.61. The van der Waals surface area contributed by atoms with E-state index >= 15 is 0 Å². The standard InChI is InChI=1S/C22H22N2/c1-4-24-20-8-6-5-7-18(20)22(2,3)21(24)12-10-16-9-11-19-17(15-16)13-14-23-19/h5-15H,4H2,1-3H3/p+1. The molecule has 0 spiro atoms. The van der Waals surface area contributed by atoms with Crippen molar-refractivity contribution in [3.63, 3.8) is 0 Å². The molecule has 4 rings (SSSR count). The summed E-state index contributed by atoms with van der Waals surface area (Å²) in [6, 6.07) is 17.4. The van der Waals surface area contributed by atoms with E-state index in [1.165, 1.54) is 33.4 Å². The summed E-state index contributed by atoms with van der Waals surface area (Å²) in [4.78, 5) is 3.25. The molecule has 3 aromatic rings. The van der Waals surface area contributed by atoms with Gasteiger partial charge in [-0.25, -0.2) is 0 Å². The van der Waals surface area contributed by atoms with Crippen molar-refractivity contribution in [2.45, 2.75) is 26.2 Å². The highest BCUT2D eigenvalue weighted by Crippen LogP contribution is 2.39. The molecule has 0 atom stereocenters. The van der Waals surface area contributed by atoms with Crippen LogP contribution in [0.3, 0.4) is 0 Å². The van der Waals surface area contributed by atoms with Crippen LogP contribution in [0, 0.1) is 0 Å². The summed E-state index contributed by atoms with van der Waals surface area (Å²) in [5, 5.41) is 1.25. The minimum Gasteiger partial charge on any atom is -0.361 e. The molecule has 2 nitrogen and oxygen atoms in total. The first-order valence-electron chi connectivity index (χ1n) is 8.61. The number of fused-ring (bicyclic) bond motifs is 2. The Labute approximate surface area is 143 Å². The average Bonchev–Trinajstić information content (AvgIpc) is 3.13. The molecule has 1 aliphatic heterocycles. The summed E-state index contributed by atoms with van der Waals surface area (Å²) < 4.78 is 2.43. The molecule has 0 saturated carbocycles. The van der Waals surface area contributed by atoms with Crippen molar-refractivity contribution in [1.29, 1.82) is 0 Å². The second kappa shape index (κ2) is 5.48. The van der Waals surface area contributed by atoms with Crippen LogP contribution < -0.4 is 0 Å². The van der Waals surface area contributed by atoms with E-state index < -0.39 is 0 Å². The zero-order chi connectivity index (χ0) is 16.7. The number of hydrogen-bond acceptors (Lipinski definition) is 0. The topological polar surface area (TPSA) is 18.8 Å². The summed E-state index contributed by atoms with van der Waals surface area (Å²) in [7, 11) is 0. The third-order valence-corrected chi connectivity index (χ3v) is 5.13. The molecular weight excluding hydrogens is 292 g/mol. The number of rotatable bonds is 3. The number of aromatic amines is 1. The molecule has 0 saturated heterocycles. The predicted molar refractivity (Wildman–Crippen MR) is 102 cm³/mol. The Bertz CT molecular complexity index is 970. The highest BCUT2D eigenvalue weighted by molar-refractivity contribution is 6.05. The molecule has 0 amide bonds. The third kappa shape index (κ3) is 2.22. The van der Waals surface area contributed by atoms with Gasteiger partial charge in [0.05, 0.1) is 5.41 Å². The fourth-order valence-electron chi connectivity index (χ4n) is 3.83.